The van der Waals surface area contributed by atoms with Gasteiger partial charge in [0, 0.05) is 11.8 Å². The van der Waals surface area contributed by atoms with E-state index in [4.69, 9.17) is 0 Å². The van der Waals surface area contributed by atoms with E-state index in [-0.39, 0.29) is 16.5 Å². The molecule has 2 aromatic heterocycles. The number of halogens is 4. The maximum atomic E-state index is 13.5. The third-order valence-electron chi connectivity index (χ3n) is 3.86. The molecule has 0 amide bonds. The molecule has 128 valence electrons. The Kier molecular flexibility index (Phi) is 3.94. The third kappa shape index (κ3) is 2.93. The summed E-state index contributed by atoms with van der Waals surface area (Å²) in [6, 6.07) is 7.58. The molecule has 2 heterocycles. The fourth-order valence-electron chi connectivity index (χ4n) is 2.58. The van der Waals surface area contributed by atoms with E-state index < -0.39 is 23.1 Å². The maximum absolute atomic E-state index is 13.5. The first-order valence-electron chi connectivity index (χ1n) is 7.23. The molecule has 3 aromatic rings. The summed E-state index contributed by atoms with van der Waals surface area (Å²) >= 11 is 0. The highest BCUT2D eigenvalue weighted by Gasteiger charge is 2.35. The van der Waals surface area contributed by atoms with Gasteiger partial charge in [0.25, 0.3) is 5.56 Å². The first-order chi connectivity index (χ1) is 11.7. The van der Waals surface area contributed by atoms with Crippen molar-refractivity contribution in [3.05, 3.63) is 76.6 Å². The molecule has 0 aliphatic carbocycles. The van der Waals surface area contributed by atoms with Gasteiger partial charge in [0.2, 0.25) is 0 Å². The number of pyridine rings is 2. The fourth-order valence-corrected chi connectivity index (χ4v) is 2.58. The molecule has 0 saturated carbocycles. The van der Waals surface area contributed by atoms with Gasteiger partial charge in [-0.2, -0.15) is 13.2 Å². The number of hydrogen-bond acceptors (Lipinski definition) is 2. The Hall–Kier alpha value is -2.96. The van der Waals surface area contributed by atoms with Crippen LogP contribution in [0.15, 0.2) is 54.1 Å². The molecule has 0 atom stereocenters. The summed E-state index contributed by atoms with van der Waals surface area (Å²) in [6.07, 6.45) is -2.89. The van der Waals surface area contributed by atoms with E-state index in [1.54, 1.807) is 31.2 Å². The number of aromatic nitrogens is 2. The number of hydrogen-bond donors (Lipinski definition) is 0. The van der Waals surface area contributed by atoms with Crippen LogP contribution in [0.3, 0.4) is 0 Å². The van der Waals surface area contributed by atoms with Gasteiger partial charge in [0.05, 0.1) is 28.4 Å². The van der Waals surface area contributed by atoms with Crippen LogP contribution in [-0.2, 0) is 0 Å². The number of alkyl halides is 3. The summed E-state index contributed by atoms with van der Waals surface area (Å²) in [5.41, 5.74) is -1.34. The Labute approximate surface area is 139 Å². The molecule has 0 saturated heterocycles. The van der Waals surface area contributed by atoms with Crippen molar-refractivity contribution in [2.75, 3.05) is 0 Å². The van der Waals surface area contributed by atoms with Crippen LogP contribution in [0, 0.1) is 12.7 Å². The smallest absolute Gasteiger partial charge is 0.283 e. The topological polar surface area (TPSA) is 34.9 Å². The quantitative estimate of drug-likeness (QED) is 0.643. The van der Waals surface area contributed by atoms with Crippen LogP contribution in [0.25, 0.3) is 22.2 Å². The minimum atomic E-state index is -4.71. The highest BCUT2D eigenvalue weighted by atomic mass is 19.4. The molecule has 0 spiro atoms. The molecule has 25 heavy (non-hydrogen) atoms. The third-order valence-corrected chi connectivity index (χ3v) is 3.86. The molecule has 0 fully saturated rings. The fraction of sp³-hybridized carbons (Fsp3) is 0.111. The minimum Gasteiger partial charge on any atom is -0.283 e. The molecule has 0 aliphatic heterocycles. The highest BCUT2D eigenvalue weighted by Crippen LogP contribution is 2.35. The molecule has 0 radical (unpaired) electrons. The Bertz CT molecular complexity index is 1050. The second-order valence-electron chi connectivity index (χ2n) is 5.53. The van der Waals surface area contributed by atoms with Gasteiger partial charge in [0.15, 0.2) is 0 Å². The zero-order valence-corrected chi connectivity index (χ0v) is 13.1. The standard InChI is InChI=1S/C18H12F4N2O/c1-10-5-3-4-6-15(10)24-9-14(11(2)18(20,21)22)16-13(17(24)25)7-12(19)8-23-16/h3-9H,2H2,1H3. The molecule has 0 bridgehead atoms. The molecular formula is C18H12F4N2O. The van der Waals surface area contributed by atoms with E-state index in [1.807, 2.05) is 0 Å². The van der Waals surface area contributed by atoms with Crippen molar-refractivity contribution in [2.24, 2.45) is 0 Å². The van der Waals surface area contributed by atoms with Crippen molar-refractivity contribution in [3.8, 4) is 5.69 Å². The maximum Gasteiger partial charge on any atom is 0.416 e. The number of fused-ring (bicyclic) bond motifs is 1. The van der Waals surface area contributed by atoms with Crippen LogP contribution in [-0.4, -0.2) is 15.7 Å². The molecule has 0 aliphatic rings. The second-order valence-corrected chi connectivity index (χ2v) is 5.53. The van der Waals surface area contributed by atoms with E-state index in [0.717, 1.165) is 23.0 Å². The lowest BCUT2D eigenvalue weighted by Crippen LogP contribution is -2.22. The van der Waals surface area contributed by atoms with Crippen LogP contribution in [0.5, 0.6) is 0 Å². The van der Waals surface area contributed by atoms with Gasteiger partial charge in [0.1, 0.15) is 5.82 Å². The Balaban J connectivity index is 2.44. The zero-order chi connectivity index (χ0) is 18.4. The average Bonchev–Trinajstić information content (AvgIpc) is 2.55. The lowest BCUT2D eigenvalue weighted by atomic mass is 10.0. The monoisotopic (exact) mass is 348 g/mol. The minimum absolute atomic E-state index is 0.237. The van der Waals surface area contributed by atoms with E-state index in [0.29, 0.717) is 11.3 Å². The number of nitrogens with zero attached hydrogens (tertiary/aromatic N) is 2. The van der Waals surface area contributed by atoms with Crippen molar-refractivity contribution in [3.63, 3.8) is 0 Å². The molecule has 3 rings (SSSR count). The van der Waals surface area contributed by atoms with Crippen molar-refractivity contribution < 1.29 is 17.6 Å². The summed E-state index contributed by atoms with van der Waals surface area (Å²) < 4.78 is 54.1. The highest BCUT2D eigenvalue weighted by molar-refractivity contribution is 5.90. The first kappa shape index (κ1) is 16.9. The van der Waals surface area contributed by atoms with Gasteiger partial charge in [-0.1, -0.05) is 24.8 Å². The van der Waals surface area contributed by atoms with Crippen molar-refractivity contribution >= 4 is 16.5 Å². The lowest BCUT2D eigenvalue weighted by molar-refractivity contribution is -0.0686. The van der Waals surface area contributed by atoms with E-state index in [1.165, 1.54) is 0 Å². The molecule has 3 nitrogen and oxygen atoms in total. The molecule has 1 aromatic carbocycles. The first-order valence-corrected chi connectivity index (χ1v) is 7.23. The SMILES string of the molecule is C=C(c1cn(-c2ccccc2C)c(=O)c2cc(F)cnc12)C(F)(F)F. The van der Waals surface area contributed by atoms with E-state index >= 15 is 0 Å². The predicted molar refractivity (Wildman–Crippen MR) is 87.1 cm³/mol. The van der Waals surface area contributed by atoms with E-state index in [2.05, 4.69) is 11.6 Å². The van der Waals surface area contributed by atoms with Gasteiger partial charge >= 0.3 is 6.18 Å². The van der Waals surface area contributed by atoms with Crippen LogP contribution < -0.4 is 5.56 Å². The van der Waals surface area contributed by atoms with Gasteiger partial charge in [-0.3, -0.25) is 14.3 Å². The molecule has 7 heteroatoms. The normalized spacial score (nSPS) is 11.7. The molecule has 0 unspecified atom stereocenters. The van der Waals surface area contributed by atoms with Crippen molar-refractivity contribution in [1.82, 2.24) is 9.55 Å². The largest absolute Gasteiger partial charge is 0.416 e. The number of allylic oxidation sites excluding steroid dienone is 1. The van der Waals surface area contributed by atoms with Gasteiger partial charge in [-0.15, -0.1) is 0 Å². The number of rotatable bonds is 2. The average molecular weight is 348 g/mol. The Morgan fingerprint density at radius 3 is 2.56 bits per heavy atom. The van der Waals surface area contributed by atoms with Crippen LogP contribution in [0.2, 0.25) is 0 Å². The molecular weight excluding hydrogens is 336 g/mol. The summed E-state index contributed by atoms with van der Waals surface area (Å²) in [7, 11) is 0. The summed E-state index contributed by atoms with van der Waals surface area (Å²) in [4.78, 5) is 16.4. The molecule has 0 N–H and O–H groups in total. The van der Waals surface area contributed by atoms with Crippen molar-refractivity contribution in [2.45, 2.75) is 13.1 Å². The van der Waals surface area contributed by atoms with Crippen molar-refractivity contribution in [1.29, 1.82) is 0 Å². The van der Waals surface area contributed by atoms with Crippen LogP contribution in [0.4, 0.5) is 17.6 Å². The summed E-state index contributed by atoms with van der Waals surface area (Å²) in [6.45, 7) is 4.80. The van der Waals surface area contributed by atoms with Gasteiger partial charge in [-0.05, 0) is 24.6 Å². The van der Waals surface area contributed by atoms with E-state index in [9.17, 15) is 22.4 Å². The second kappa shape index (κ2) is 5.84. The number of para-hydroxylation sites is 1. The number of aryl methyl sites for hydroxylation is 1. The van der Waals surface area contributed by atoms with Gasteiger partial charge in [-0.25, -0.2) is 4.39 Å². The lowest BCUT2D eigenvalue weighted by Gasteiger charge is -2.16. The van der Waals surface area contributed by atoms with Crippen LogP contribution in [0.1, 0.15) is 11.1 Å². The van der Waals surface area contributed by atoms with Gasteiger partial charge < -0.3 is 0 Å². The van der Waals surface area contributed by atoms with Crippen LogP contribution >= 0.6 is 0 Å². The Morgan fingerprint density at radius 1 is 1.24 bits per heavy atom. The predicted octanol–water partition coefficient (Wildman–Crippen LogP) is 4.41. The summed E-state index contributed by atoms with van der Waals surface area (Å²) in [5.74, 6) is -0.810. The Morgan fingerprint density at radius 2 is 1.92 bits per heavy atom. The number of benzene rings is 1. The zero-order valence-electron chi connectivity index (χ0n) is 13.1. The summed E-state index contributed by atoms with van der Waals surface area (Å²) in [5, 5.41) is -0.244.